The van der Waals surface area contributed by atoms with Crippen molar-refractivity contribution in [2.45, 2.75) is 12.6 Å². The highest BCUT2D eigenvalue weighted by Gasteiger charge is 2.06. The Hall–Kier alpha value is -0.830. The van der Waals surface area contributed by atoms with Crippen LogP contribution in [0.4, 0.5) is 0 Å². The highest BCUT2D eigenvalue weighted by atomic mass is 16.7. The Morgan fingerprint density at radius 2 is 2.88 bits per heavy atom. The number of rotatable bonds is 2. The summed E-state index contributed by atoms with van der Waals surface area (Å²) in [7, 11) is 0. The van der Waals surface area contributed by atoms with Gasteiger partial charge in [-0.2, -0.15) is 0 Å². The fraction of sp³-hybridized carbons (Fsp3) is 0.400. The van der Waals surface area contributed by atoms with Gasteiger partial charge in [0, 0.05) is 6.42 Å². The second kappa shape index (κ2) is 2.47. The maximum Gasteiger partial charge on any atom is 0.198 e. The average molecular weight is 112 g/mol. The van der Waals surface area contributed by atoms with Gasteiger partial charge in [0.25, 0.3) is 0 Å². The molecule has 1 rings (SSSR count). The number of nitrogens with one attached hydrogen (secondary N) is 1. The Bertz CT molecular complexity index is 111. The van der Waals surface area contributed by atoms with Gasteiger partial charge < -0.3 is 4.84 Å². The molecule has 1 unspecified atom stereocenters. The summed E-state index contributed by atoms with van der Waals surface area (Å²) in [4.78, 5) is 8.52. The van der Waals surface area contributed by atoms with E-state index in [1.54, 1.807) is 6.08 Å². The molecule has 0 aromatic rings. The summed E-state index contributed by atoms with van der Waals surface area (Å²) < 4.78 is 0. The first kappa shape index (κ1) is 5.31. The summed E-state index contributed by atoms with van der Waals surface area (Å²) in [6, 6.07) is 0. The van der Waals surface area contributed by atoms with Crippen molar-refractivity contribution in [3.8, 4) is 0 Å². The lowest BCUT2D eigenvalue weighted by atomic mass is 10.4. The van der Waals surface area contributed by atoms with Gasteiger partial charge >= 0.3 is 0 Å². The Morgan fingerprint density at radius 1 is 2.00 bits per heavy atom. The second-order valence-electron chi connectivity index (χ2n) is 1.53. The average Bonchev–Trinajstić information content (AvgIpc) is 2.19. The molecule has 44 valence electrons. The molecule has 0 fully saturated rings. The third-order valence-corrected chi connectivity index (χ3v) is 0.888. The first-order valence-electron chi connectivity index (χ1n) is 2.47. The number of hydroxylamine groups is 1. The number of hydrogen-bond donors (Lipinski definition) is 1. The van der Waals surface area contributed by atoms with Crippen molar-refractivity contribution in [1.29, 1.82) is 0 Å². The van der Waals surface area contributed by atoms with Crippen LogP contribution in [0.5, 0.6) is 0 Å². The zero-order chi connectivity index (χ0) is 5.82. The van der Waals surface area contributed by atoms with Crippen LogP contribution in [-0.2, 0) is 4.84 Å². The predicted octanol–water partition coefficient (Wildman–Crippen LogP) is 0.452. The van der Waals surface area contributed by atoms with Gasteiger partial charge in [0.2, 0.25) is 0 Å². The van der Waals surface area contributed by atoms with Gasteiger partial charge in [-0.3, -0.25) is 0 Å². The van der Waals surface area contributed by atoms with Gasteiger partial charge in [0.05, 0.1) is 0 Å². The third kappa shape index (κ3) is 1.07. The van der Waals surface area contributed by atoms with E-state index < -0.39 is 0 Å². The summed E-state index contributed by atoms with van der Waals surface area (Å²) >= 11 is 0. The standard InChI is InChI=1S/C5H8N2O/c1-2-3-5-6-4-8-7-5/h2,4-5,7H,1,3H2. The summed E-state index contributed by atoms with van der Waals surface area (Å²) in [5.74, 6) is 0. The normalized spacial score (nSPS) is 25.2. The zero-order valence-corrected chi connectivity index (χ0v) is 4.50. The molecule has 1 aliphatic heterocycles. The van der Waals surface area contributed by atoms with E-state index in [9.17, 15) is 0 Å². The predicted molar refractivity (Wildman–Crippen MR) is 31.3 cm³/mol. The minimum atomic E-state index is 0.0903. The van der Waals surface area contributed by atoms with Gasteiger partial charge in [-0.25, -0.2) is 4.99 Å². The van der Waals surface area contributed by atoms with Gasteiger partial charge in [-0.05, 0) is 0 Å². The molecule has 3 heteroatoms. The molecule has 0 bridgehead atoms. The SMILES string of the molecule is C=CCC1N=CON1. The molecular formula is C5H8N2O. The monoisotopic (exact) mass is 112 g/mol. The highest BCUT2D eigenvalue weighted by molar-refractivity contribution is 5.47. The molecule has 0 aromatic carbocycles. The second-order valence-corrected chi connectivity index (χ2v) is 1.53. The van der Waals surface area contributed by atoms with Crippen molar-refractivity contribution in [2.75, 3.05) is 0 Å². The lowest BCUT2D eigenvalue weighted by Gasteiger charge is -1.98. The van der Waals surface area contributed by atoms with Gasteiger partial charge in [-0.15, -0.1) is 12.1 Å². The fourth-order valence-corrected chi connectivity index (χ4v) is 0.510. The first-order valence-corrected chi connectivity index (χ1v) is 2.47. The molecule has 1 heterocycles. The topological polar surface area (TPSA) is 33.6 Å². The minimum absolute atomic E-state index is 0.0903. The van der Waals surface area contributed by atoms with E-state index in [-0.39, 0.29) is 6.17 Å². The van der Waals surface area contributed by atoms with Crippen molar-refractivity contribution >= 4 is 6.40 Å². The fourth-order valence-electron chi connectivity index (χ4n) is 0.510. The van der Waals surface area contributed by atoms with Crippen molar-refractivity contribution in [1.82, 2.24) is 5.48 Å². The van der Waals surface area contributed by atoms with Crippen LogP contribution in [-0.4, -0.2) is 12.6 Å². The molecule has 1 aliphatic rings. The largest absolute Gasteiger partial charge is 0.395 e. The van der Waals surface area contributed by atoms with E-state index in [0.717, 1.165) is 6.42 Å². The smallest absolute Gasteiger partial charge is 0.198 e. The third-order valence-electron chi connectivity index (χ3n) is 0.888. The summed E-state index contributed by atoms with van der Waals surface area (Å²) in [5, 5.41) is 0. The van der Waals surface area contributed by atoms with Gasteiger partial charge in [-0.1, -0.05) is 6.08 Å². The van der Waals surface area contributed by atoms with E-state index in [0.29, 0.717) is 0 Å². The molecule has 0 aromatic heterocycles. The van der Waals surface area contributed by atoms with E-state index in [4.69, 9.17) is 0 Å². The molecule has 0 amide bonds. The molecule has 0 radical (unpaired) electrons. The Morgan fingerprint density at radius 3 is 3.38 bits per heavy atom. The van der Waals surface area contributed by atoms with Crippen LogP contribution in [0.3, 0.4) is 0 Å². The van der Waals surface area contributed by atoms with Crippen molar-refractivity contribution in [2.24, 2.45) is 4.99 Å². The number of nitrogens with zero attached hydrogens (tertiary/aromatic N) is 1. The summed E-state index contributed by atoms with van der Waals surface area (Å²) in [6.07, 6.45) is 4.10. The zero-order valence-electron chi connectivity index (χ0n) is 4.50. The van der Waals surface area contributed by atoms with Crippen LogP contribution >= 0.6 is 0 Å². The van der Waals surface area contributed by atoms with Crippen molar-refractivity contribution in [3.05, 3.63) is 12.7 Å². The maximum absolute atomic E-state index is 4.62. The number of aliphatic imine (C=N–C) groups is 1. The minimum Gasteiger partial charge on any atom is -0.395 e. The summed E-state index contributed by atoms with van der Waals surface area (Å²) in [6.45, 7) is 3.55. The van der Waals surface area contributed by atoms with E-state index in [1.165, 1.54) is 6.40 Å². The Balaban J connectivity index is 2.25. The molecule has 0 spiro atoms. The van der Waals surface area contributed by atoms with Crippen LogP contribution in [0.15, 0.2) is 17.6 Å². The van der Waals surface area contributed by atoms with E-state index >= 15 is 0 Å². The van der Waals surface area contributed by atoms with Crippen molar-refractivity contribution in [3.63, 3.8) is 0 Å². The quantitative estimate of drug-likeness (QED) is 0.526. The molecule has 0 saturated carbocycles. The molecule has 8 heavy (non-hydrogen) atoms. The van der Waals surface area contributed by atoms with Crippen LogP contribution in [0.25, 0.3) is 0 Å². The van der Waals surface area contributed by atoms with Crippen LogP contribution < -0.4 is 5.48 Å². The molecule has 1 atom stereocenters. The van der Waals surface area contributed by atoms with Crippen LogP contribution in [0, 0.1) is 0 Å². The maximum atomic E-state index is 4.62. The van der Waals surface area contributed by atoms with Crippen LogP contribution in [0.1, 0.15) is 6.42 Å². The molecule has 1 N–H and O–H groups in total. The lowest BCUT2D eigenvalue weighted by Crippen LogP contribution is -2.19. The summed E-state index contributed by atoms with van der Waals surface area (Å²) in [5.41, 5.74) is 2.66. The van der Waals surface area contributed by atoms with Crippen LogP contribution in [0.2, 0.25) is 0 Å². The molecule has 3 nitrogen and oxygen atoms in total. The lowest BCUT2D eigenvalue weighted by molar-refractivity contribution is 0.188. The highest BCUT2D eigenvalue weighted by Crippen LogP contribution is 1.97. The Labute approximate surface area is 48.0 Å². The Kier molecular flexibility index (Phi) is 1.64. The molecule has 0 saturated heterocycles. The van der Waals surface area contributed by atoms with Crippen molar-refractivity contribution < 1.29 is 4.84 Å². The molecular weight excluding hydrogens is 104 g/mol. The van der Waals surface area contributed by atoms with Gasteiger partial charge in [0.15, 0.2) is 6.40 Å². The van der Waals surface area contributed by atoms with Gasteiger partial charge in [0.1, 0.15) is 6.17 Å². The first-order chi connectivity index (χ1) is 3.93. The molecule has 0 aliphatic carbocycles. The van der Waals surface area contributed by atoms with E-state index in [1.807, 2.05) is 0 Å². The number of hydrogen-bond acceptors (Lipinski definition) is 3. The van der Waals surface area contributed by atoms with E-state index in [2.05, 4.69) is 21.9 Å².